The minimum atomic E-state index is -0.367. The van der Waals surface area contributed by atoms with E-state index in [0.29, 0.717) is 22.7 Å². The maximum Gasteiger partial charge on any atom is 0.319 e. The van der Waals surface area contributed by atoms with E-state index in [9.17, 15) is 4.79 Å². The molecule has 0 aliphatic rings. The number of hydrogen-bond acceptors (Lipinski definition) is 7. The number of carbonyl (C=O) groups is 1. The molecule has 2 aromatic heterocycles. The Labute approximate surface area is 115 Å². The Hall–Kier alpha value is -2.64. The van der Waals surface area contributed by atoms with Gasteiger partial charge in [-0.25, -0.2) is 4.98 Å². The molecule has 0 bridgehead atoms. The number of hydrogen-bond donors (Lipinski definition) is 1. The smallest absolute Gasteiger partial charge is 0.319 e. The van der Waals surface area contributed by atoms with E-state index in [1.165, 1.54) is 20.4 Å². The quantitative estimate of drug-likeness (QED) is 0.901. The number of nitrogens with one attached hydrogen (secondary N) is 1. The number of aryl methyl sites for hydroxylation is 2. The van der Waals surface area contributed by atoms with E-state index in [1.807, 2.05) is 0 Å². The predicted octanol–water partition coefficient (Wildman–Crippen LogP) is 1.35. The molecule has 1 N–H and O–H groups in total. The Morgan fingerprint density at radius 2 is 2.05 bits per heavy atom. The highest BCUT2D eigenvalue weighted by Gasteiger charge is 2.19. The molecule has 8 heteroatoms. The Morgan fingerprint density at radius 3 is 2.60 bits per heavy atom. The van der Waals surface area contributed by atoms with Gasteiger partial charge in [0.25, 0.3) is 5.91 Å². The Balaban J connectivity index is 2.28. The van der Waals surface area contributed by atoms with Crippen LogP contribution in [0.25, 0.3) is 0 Å². The lowest BCUT2D eigenvalue weighted by Gasteiger charge is -2.09. The minimum Gasteiger partial charge on any atom is -0.479 e. The van der Waals surface area contributed by atoms with Crippen LogP contribution in [0, 0.1) is 13.8 Å². The van der Waals surface area contributed by atoms with Crippen molar-refractivity contribution in [1.29, 1.82) is 0 Å². The van der Waals surface area contributed by atoms with Crippen molar-refractivity contribution in [3.05, 3.63) is 23.2 Å². The van der Waals surface area contributed by atoms with Crippen LogP contribution >= 0.6 is 0 Å². The first-order chi connectivity index (χ1) is 9.56. The summed E-state index contributed by atoms with van der Waals surface area (Å²) < 4.78 is 14.9. The van der Waals surface area contributed by atoms with Crippen molar-refractivity contribution >= 4 is 11.6 Å². The molecule has 0 aliphatic heterocycles. The highest BCUT2D eigenvalue weighted by molar-refractivity contribution is 6.06. The summed E-state index contributed by atoms with van der Waals surface area (Å²) in [4.78, 5) is 20.1. The van der Waals surface area contributed by atoms with Gasteiger partial charge in [0.05, 0.1) is 26.1 Å². The molecule has 106 valence electrons. The summed E-state index contributed by atoms with van der Waals surface area (Å²) in [5, 5.41) is 6.38. The largest absolute Gasteiger partial charge is 0.479 e. The van der Waals surface area contributed by atoms with Crippen molar-refractivity contribution in [2.24, 2.45) is 0 Å². The molecule has 0 atom stereocenters. The van der Waals surface area contributed by atoms with Crippen LogP contribution in [0.5, 0.6) is 11.9 Å². The second kappa shape index (κ2) is 5.55. The fourth-order valence-corrected chi connectivity index (χ4v) is 1.68. The third-order valence-corrected chi connectivity index (χ3v) is 2.62. The zero-order chi connectivity index (χ0) is 14.7. The number of anilines is 1. The van der Waals surface area contributed by atoms with E-state index < -0.39 is 0 Å². The zero-order valence-corrected chi connectivity index (χ0v) is 11.6. The highest BCUT2D eigenvalue weighted by atomic mass is 16.5. The lowest BCUT2D eigenvalue weighted by Crippen LogP contribution is -2.15. The summed E-state index contributed by atoms with van der Waals surface area (Å²) in [5.74, 6) is 0.277. The first-order valence-corrected chi connectivity index (χ1v) is 5.76. The van der Waals surface area contributed by atoms with Gasteiger partial charge >= 0.3 is 6.01 Å². The van der Waals surface area contributed by atoms with Crippen LogP contribution in [0.4, 0.5) is 5.69 Å². The summed E-state index contributed by atoms with van der Waals surface area (Å²) >= 11 is 0. The van der Waals surface area contributed by atoms with Crippen molar-refractivity contribution in [2.45, 2.75) is 13.8 Å². The van der Waals surface area contributed by atoms with Gasteiger partial charge in [-0.2, -0.15) is 4.98 Å². The summed E-state index contributed by atoms with van der Waals surface area (Å²) in [7, 11) is 2.88. The van der Waals surface area contributed by atoms with Crippen LogP contribution in [0.3, 0.4) is 0 Å². The van der Waals surface area contributed by atoms with E-state index in [0.717, 1.165) is 0 Å². The van der Waals surface area contributed by atoms with Gasteiger partial charge in [0, 0.05) is 0 Å². The molecule has 2 heterocycles. The van der Waals surface area contributed by atoms with E-state index >= 15 is 0 Å². The van der Waals surface area contributed by atoms with E-state index in [2.05, 4.69) is 20.4 Å². The molecule has 2 rings (SSSR count). The summed E-state index contributed by atoms with van der Waals surface area (Å²) in [5.41, 5.74) is 1.22. The van der Waals surface area contributed by atoms with E-state index in [-0.39, 0.29) is 17.8 Å². The molecule has 0 aliphatic carbocycles. The van der Waals surface area contributed by atoms with Gasteiger partial charge in [-0.05, 0) is 13.8 Å². The standard InChI is InChI=1S/C12H14N4O4/c1-6-9(7(2)20-16-6)10(17)14-8-5-13-12(19-4)15-11(8)18-3/h5H,1-4H3,(H,14,17). The topological polar surface area (TPSA) is 99.4 Å². The van der Waals surface area contributed by atoms with Crippen LogP contribution in [-0.2, 0) is 0 Å². The predicted molar refractivity (Wildman–Crippen MR) is 69.1 cm³/mol. The van der Waals surface area contributed by atoms with Crippen LogP contribution in [0.2, 0.25) is 0 Å². The molecule has 0 aromatic carbocycles. The van der Waals surface area contributed by atoms with Crippen molar-refractivity contribution in [3.63, 3.8) is 0 Å². The fourth-order valence-electron chi connectivity index (χ4n) is 1.68. The van der Waals surface area contributed by atoms with Gasteiger partial charge in [0.15, 0.2) is 0 Å². The SMILES string of the molecule is COc1ncc(NC(=O)c2c(C)noc2C)c(OC)n1. The number of methoxy groups -OCH3 is 2. The van der Waals surface area contributed by atoms with E-state index in [1.54, 1.807) is 13.8 Å². The first kappa shape index (κ1) is 13.8. The van der Waals surface area contributed by atoms with Gasteiger partial charge in [-0.3, -0.25) is 4.79 Å². The molecule has 0 radical (unpaired) electrons. The Bertz CT molecular complexity index is 619. The van der Waals surface area contributed by atoms with Gasteiger partial charge in [-0.1, -0.05) is 5.16 Å². The molecule has 20 heavy (non-hydrogen) atoms. The molecule has 8 nitrogen and oxygen atoms in total. The monoisotopic (exact) mass is 278 g/mol. The Morgan fingerprint density at radius 1 is 1.30 bits per heavy atom. The number of aromatic nitrogens is 3. The van der Waals surface area contributed by atoms with Gasteiger partial charge in [0.2, 0.25) is 5.88 Å². The van der Waals surface area contributed by atoms with Gasteiger partial charge < -0.3 is 19.3 Å². The fraction of sp³-hybridized carbons (Fsp3) is 0.333. The number of carbonyl (C=O) groups excluding carboxylic acids is 1. The molecule has 0 unspecified atom stereocenters. The number of nitrogens with zero attached hydrogens (tertiary/aromatic N) is 3. The normalized spacial score (nSPS) is 10.2. The average Bonchev–Trinajstić information content (AvgIpc) is 2.78. The van der Waals surface area contributed by atoms with Gasteiger partial charge in [0.1, 0.15) is 17.0 Å². The number of rotatable bonds is 4. The number of amides is 1. The summed E-state index contributed by atoms with van der Waals surface area (Å²) in [6, 6.07) is 0.150. The zero-order valence-electron chi connectivity index (χ0n) is 11.6. The van der Waals surface area contributed by atoms with Crippen molar-refractivity contribution < 1.29 is 18.8 Å². The third-order valence-electron chi connectivity index (χ3n) is 2.62. The molecule has 0 fully saturated rings. The molecular weight excluding hydrogens is 264 g/mol. The molecule has 0 saturated heterocycles. The van der Waals surface area contributed by atoms with Crippen LogP contribution < -0.4 is 14.8 Å². The second-order valence-electron chi connectivity index (χ2n) is 3.93. The lowest BCUT2D eigenvalue weighted by molar-refractivity contribution is 0.102. The minimum absolute atomic E-state index is 0.150. The van der Waals surface area contributed by atoms with Crippen molar-refractivity contribution in [3.8, 4) is 11.9 Å². The second-order valence-corrected chi connectivity index (χ2v) is 3.93. The average molecular weight is 278 g/mol. The van der Waals surface area contributed by atoms with Crippen molar-refractivity contribution in [2.75, 3.05) is 19.5 Å². The third kappa shape index (κ3) is 2.53. The van der Waals surface area contributed by atoms with Crippen LogP contribution in [0.1, 0.15) is 21.8 Å². The lowest BCUT2D eigenvalue weighted by atomic mass is 10.2. The maximum atomic E-state index is 12.2. The molecular formula is C12H14N4O4. The maximum absolute atomic E-state index is 12.2. The van der Waals surface area contributed by atoms with Crippen LogP contribution in [0.15, 0.2) is 10.7 Å². The molecule has 0 spiro atoms. The van der Waals surface area contributed by atoms with Gasteiger partial charge in [-0.15, -0.1) is 0 Å². The van der Waals surface area contributed by atoms with Crippen LogP contribution in [-0.4, -0.2) is 35.3 Å². The molecule has 0 saturated carbocycles. The highest BCUT2D eigenvalue weighted by Crippen LogP contribution is 2.24. The summed E-state index contributed by atoms with van der Waals surface area (Å²) in [6.45, 7) is 3.35. The molecule has 1 amide bonds. The number of ether oxygens (including phenoxy) is 2. The van der Waals surface area contributed by atoms with E-state index in [4.69, 9.17) is 14.0 Å². The first-order valence-electron chi connectivity index (χ1n) is 5.76. The molecule has 2 aromatic rings. The summed E-state index contributed by atoms with van der Waals surface area (Å²) in [6.07, 6.45) is 1.40. The van der Waals surface area contributed by atoms with Crippen molar-refractivity contribution in [1.82, 2.24) is 15.1 Å². The Kier molecular flexibility index (Phi) is 3.83.